The van der Waals surface area contributed by atoms with E-state index in [-0.39, 0.29) is 30.2 Å². The summed E-state index contributed by atoms with van der Waals surface area (Å²) < 4.78 is 10.2. The van der Waals surface area contributed by atoms with Gasteiger partial charge < -0.3 is 25.2 Å². The number of nitro groups is 2. The maximum absolute atomic E-state index is 11.7. The summed E-state index contributed by atoms with van der Waals surface area (Å²) in [6.07, 6.45) is -0.800. The second kappa shape index (κ2) is 11.4. The summed E-state index contributed by atoms with van der Waals surface area (Å²) in [5, 5.41) is 45.4. The molecular formula is C19H22N6O8. The Balaban J connectivity index is 2.46. The van der Waals surface area contributed by atoms with Gasteiger partial charge in [0.25, 0.3) is 5.69 Å². The number of non-ortho nitro benzene ring substituents is 1. The third kappa shape index (κ3) is 6.91. The summed E-state index contributed by atoms with van der Waals surface area (Å²) in [6, 6.07) is 5.87. The number of hydrogen-bond donors (Lipinski definition) is 3. The van der Waals surface area contributed by atoms with Crippen molar-refractivity contribution in [3.8, 4) is 5.75 Å². The van der Waals surface area contributed by atoms with Crippen LogP contribution in [-0.2, 0) is 9.53 Å². The van der Waals surface area contributed by atoms with Crippen LogP contribution in [-0.4, -0.2) is 54.3 Å². The van der Waals surface area contributed by atoms with Crippen LogP contribution in [0.4, 0.5) is 34.1 Å². The van der Waals surface area contributed by atoms with Crippen molar-refractivity contribution in [1.82, 2.24) is 0 Å². The smallest absolute Gasteiger partial charge is 0.303 e. The van der Waals surface area contributed by atoms with Gasteiger partial charge in [0, 0.05) is 32.7 Å². The van der Waals surface area contributed by atoms with Crippen molar-refractivity contribution >= 4 is 40.0 Å². The van der Waals surface area contributed by atoms with Crippen molar-refractivity contribution in [3.63, 3.8) is 0 Å². The number of carbonyl (C=O) groups excluding carboxylic acids is 1. The van der Waals surface area contributed by atoms with Gasteiger partial charge in [-0.25, -0.2) is 0 Å². The monoisotopic (exact) mass is 462 g/mol. The van der Waals surface area contributed by atoms with Crippen LogP contribution >= 0.6 is 0 Å². The number of aliphatic hydroxyl groups is 1. The first-order chi connectivity index (χ1) is 15.7. The first-order valence-corrected chi connectivity index (χ1v) is 9.41. The minimum atomic E-state index is -0.811. The largest absolute Gasteiger partial charge is 0.495 e. The van der Waals surface area contributed by atoms with Gasteiger partial charge in [-0.05, 0) is 12.1 Å². The fourth-order valence-electron chi connectivity index (χ4n) is 2.69. The van der Waals surface area contributed by atoms with Crippen LogP contribution in [0.5, 0.6) is 5.75 Å². The van der Waals surface area contributed by atoms with E-state index >= 15 is 0 Å². The SMILES string of the molecule is COC[C@H](O)CNc1cc(NC(C)=O)c(N=Nc2ccc([N+](=O)[O-])cc2[N+](=O)[O-])cc1OC. The zero-order chi connectivity index (χ0) is 24.5. The molecule has 2 rings (SSSR count). The molecule has 3 N–H and O–H groups in total. The number of nitrogens with one attached hydrogen (secondary N) is 2. The Morgan fingerprint density at radius 1 is 1.09 bits per heavy atom. The van der Waals surface area contributed by atoms with E-state index in [2.05, 4.69) is 20.9 Å². The van der Waals surface area contributed by atoms with Crippen molar-refractivity contribution in [1.29, 1.82) is 0 Å². The average molecular weight is 462 g/mol. The molecule has 2 aromatic rings. The first-order valence-electron chi connectivity index (χ1n) is 9.41. The number of azo groups is 1. The van der Waals surface area contributed by atoms with Gasteiger partial charge in [0.1, 0.15) is 11.4 Å². The fraction of sp³-hybridized carbons (Fsp3) is 0.316. The number of aliphatic hydroxyl groups excluding tert-OH is 1. The number of carbonyl (C=O) groups is 1. The van der Waals surface area contributed by atoms with Crippen LogP contribution < -0.4 is 15.4 Å². The number of benzene rings is 2. The molecule has 14 nitrogen and oxygen atoms in total. The minimum Gasteiger partial charge on any atom is -0.495 e. The van der Waals surface area contributed by atoms with Gasteiger partial charge in [-0.3, -0.25) is 25.0 Å². The third-order valence-corrected chi connectivity index (χ3v) is 4.15. The molecule has 0 saturated heterocycles. The normalized spacial score (nSPS) is 11.8. The lowest BCUT2D eigenvalue weighted by Gasteiger charge is -2.17. The summed E-state index contributed by atoms with van der Waals surface area (Å²) in [5.74, 6) is -0.121. The predicted octanol–water partition coefficient (Wildman–Crippen LogP) is 3.30. The topological polar surface area (TPSA) is 191 Å². The molecule has 0 aliphatic rings. The molecule has 0 spiro atoms. The Hall–Kier alpha value is -4.17. The Morgan fingerprint density at radius 2 is 1.79 bits per heavy atom. The van der Waals surface area contributed by atoms with E-state index in [1.54, 1.807) is 0 Å². The lowest BCUT2D eigenvalue weighted by Crippen LogP contribution is -2.24. The lowest BCUT2D eigenvalue weighted by atomic mass is 10.2. The zero-order valence-electron chi connectivity index (χ0n) is 18.0. The highest BCUT2D eigenvalue weighted by molar-refractivity contribution is 5.93. The van der Waals surface area contributed by atoms with Gasteiger partial charge in [0.2, 0.25) is 5.91 Å². The van der Waals surface area contributed by atoms with Crippen molar-refractivity contribution in [2.75, 3.05) is 38.0 Å². The molecular weight excluding hydrogens is 440 g/mol. The molecule has 0 heterocycles. The molecule has 0 fully saturated rings. The van der Waals surface area contributed by atoms with Crippen LogP contribution in [0.15, 0.2) is 40.6 Å². The molecule has 0 radical (unpaired) electrons. The van der Waals surface area contributed by atoms with E-state index in [9.17, 15) is 30.1 Å². The summed E-state index contributed by atoms with van der Waals surface area (Å²) in [5.41, 5.74) is -0.545. The molecule has 0 bridgehead atoms. The van der Waals surface area contributed by atoms with Crippen molar-refractivity contribution in [3.05, 3.63) is 50.6 Å². The highest BCUT2D eigenvalue weighted by Gasteiger charge is 2.20. The predicted molar refractivity (Wildman–Crippen MR) is 118 cm³/mol. The van der Waals surface area contributed by atoms with Crippen molar-refractivity contribution in [2.45, 2.75) is 13.0 Å². The molecule has 0 aromatic heterocycles. The maximum Gasteiger partial charge on any atom is 0.303 e. The number of amides is 1. The van der Waals surface area contributed by atoms with Gasteiger partial charge >= 0.3 is 5.69 Å². The summed E-state index contributed by atoms with van der Waals surface area (Å²) in [6.45, 7) is 1.51. The maximum atomic E-state index is 11.7. The van der Waals surface area contributed by atoms with Gasteiger partial charge in [0.05, 0.1) is 47.1 Å². The molecule has 0 aliphatic heterocycles. The fourth-order valence-corrected chi connectivity index (χ4v) is 2.69. The van der Waals surface area contributed by atoms with Crippen LogP contribution in [0.2, 0.25) is 0 Å². The summed E-state index contributed by atoms with van der Waals surface area (Å²) in [4.78, 5) is 32.3. The second-order valence-electron chi connectivity index (χ2n) is 6.63. The zero-order valence-corrected chi connectivity index (χ0v) is 18.0. The molecule has 0 unspecified atom stereocenters. The molecule has 1 atom stereocenters. The quantitative estimate of drug-likeness (QED) is 0.255. The number of methoxy groups -OCH3 is 2. The van der Waals surface area contributed by atoms with Crippen LogP contribution in [0.25, 0.3) is 0 Å². The molecule has 176 valence electrons. The van der Waals surface area contributed by atoms with E-state index < -0.39 is 33.2 Å². The third-order valence-electron chi connectivity index (χ3n) is 4.15. The second-order valence-corrected chi connectivity index (χ2v) is 6.63. The molecule has 33 heavy (non-hydrogen) atoms. The van der Waals surface area contributed by atoms with E-state index in [1.165, 1.54) is 33.3 Å². The average Bonchev–Trinajstić information content (AvgIpc) is 2.76. The standard InChI is InChI=1S/C19H22N6O8/c1-11(26)21-15-7-17(20-9-13(27)10-32-2)19(33-3)8-16(15)23-22-14-5-4-12(24(28)29)6-18(14)25(30)31/h4-8,13,20,27H,9-10H2,1-3H3,(H,21,26)/t13-/m1/s1. The molecule has 0 aliphatic carbocycles. The van der Waals surface area contributed by atoms with Crippen molar-refractivity contribution < 1.29 is 29.2 Å². The molecule has 0 saturated carbocycles. The van der Waals surface area contributed by atoms with E-state index in [0.29, 0.717) is 11.4 Å². The highest BCUT2D eigenvalue weighted by atomic mass is 16.6. The number of hydrogen-bond acceptors (Lipinski definition) is 11. The van der Waals surface area contributed by atoms with Gasteiger partial charge in [-0.15, -0.1) is 10.2 Å². The Labute approximate surface area is 187 Å². The number of ether oxygens (including phenoxy) is 2. The molecule has 14 heteroatoms. The van der Waals surface area contributed by atoms with Gasteiger partial charge in [-0.1, -0.05) is 0 Å². The number of nitro benzene ring substituents is 2. The van der Waals surface area contributed by atoms with Gasteiger partial charge in [-0.2, -0.15) is 0 Å². The highest BCUT2D eigenvalue weighted by Crippen LogP contribution is 2.39. The molecule has 2 aromatic carbocycles. The Bertz CT molecular complexity index is 1070. The number of rotatable bonds is 11. The van der Waals surface area contributed by atoms with Crippen LogP contribution in [0.3, 0.4) is 0 Å². The first kappa shape index (κ1) is 25.1. The molecule has 1 amide bonds. The Kier molecular flexibility index (Phi) is 8.71. The van der Waals surface area contributed by atoms with Gasteiger partial charge in [0.15, 0.2) is 5.69 Å². The van der Waals surface area contributed by atoms with E-state index in [1.807, 2.05) is 0 Å². The van der Waals surface area contributed by atoms with E-state index in [0.717, 1.165) is 18.2 Å². The van der Waals surface area contributed by atoms with E-state index in [4.69, 9.17) is 9.47 Å². The number of nitrogens with zero attached hydrogens (tertiary/aromatic N) is 4. The van der Waals surface area contributed by atoms with Crippen LogP contribution in [0, 0.1) is 20.2 Å². The summed E-state index contributed by atoms with van der Waals surface area (Å²) >= 11 is 0. The lowest BCUT2D eigenvalue weighted by molar-refractivity contribution is -0.393. The van der Waals surface area contributed by atoms with Crippen LogP contribution in [0.1, 0.15) is 6.92 Å². The Morgan fingerprint density at radius 3 is 2.36 bits per heavy atom. The summed E-state index contributed by atoms with van der Waals surface area (Å²) in [7, 11) is 2.85. The minimum absolute atomic E-state index is 0.105. The van der Waals surface area contributed by atoms with Crippen molar-refractivity contribution in [2.24, 2.45) is 10.2 Å². The number of anilines is 2.